The van der Waals surface area contributed by atoms with Crippen LogP contribution in [0.1, 0.15) is 10.4 Å². The topological polar surface area (TPSA) is 72.5 Å². The second kappa shape index (κ2) is 6.32. The van der Waals surface area contributed by atoms with Crippen LogP contribution >= 0.6 is 0 Å². The van der Waals surface area contributed by atoms with E-state index in [0.29, 0.717) is 24.5 Å². The molecule has 1 saturated heterocycles. The second-order valence-electron chi connectivity index (χ2n) is 4.01. The molecule has 1 fully saturated rings. The van der Waals surface area contributed by atoms with Gasteiger partial charge in [0.1, 0.15) is 5.75 Å². The van der Waals surface area contributed by atoms with Crippen LogP contribution in [0.2, 0.25) is 0 Å². The van der Waals surface area contributed by atoms with Gasteiger partial charge in [-0.1, -0.05) is 0 Å². The fourth-order valence-corrected chi connectivity index (χ4v) is 1.79. The smallest absolute Gasteiger partial charge is 0.255 e. The number of pyridine rings is 1. The Hall–Kier alpha value is -1.66. The van der Waals surface area contributed by atoms with Gasteiger partial charge in [-0.2, -0.15) is 0 Å². The molecular formula is C12H17N3O3. The number of ether oxygens (including phenoxy) is 2. The number of hydrogen-bond acceptors (Lipinski definition) is 5. The van der Waals surface area contributed by atoms with Gasteiger partial charge in [0.05, 0.1) is 32.1 Å². The summed E-state index contributed by atoms with van der Waals surface area (Å²) in [5.74, 6) is 0.310. The summed E-state index contributed by atoms with van der Waals surface area (Å²) >= 11 is 0. The van der Waals surface area contributed by atoms with Crippen molar-refractivity contribution in [3.8, 4) is 5.75 Å². The monoisotopic (exact) mass is 251 g/mol. The molecule has 2 N–H and O–H groups in total. The normalized spacial score (nSPS) is 19.3. The number of rotatable bonds is 4. The number of nitrogens with zero attached hydrogens (tertiary/aromatic N) is 1. The molecule has 1 aliphatic heterocycles. The molecular weight excluding hydrogens is 234 g/mol. The molecule has 0 saturated carbocycles. The Morgan fingerprint density at radius 3 is 3.33 bits per heavy atom. The molecule has 1 aromatic heterocycles. The summed E-state index contributed by atoms with van der Waals surface area (Å²) in [6.07, 6.45) is 3.09. The van der Waals surface area contributed by atoms with Gasteiger partial charge >= 0.3 is 0 Å². The summed E-state index contributed by atoms with van der Waals surface area (Å²) in [5, 5.41) is 6.13. The third kappa shape index (κ3) is 3.18. The first-order valence-electron chi connectivity index (χ1n) is 5.88. The number of methoxy groups -OCH3 is 1. The molecule has 2 heterocycles. The van der Waals surface area contributed by atoms with Gasteiger partial charge in [-0.15, -0.1) is 0 Å². The standard InChI is InChI=1S/C12H17N3O3/c1-17-11-7-13-3-2-10(11)12(16)15-6-9-8-18-5-4-14-9/h2-3,7,9,14H,4-6,8H2,1H3,(H,15,16). The highest BCUT2D eigenvalue weighted by Gasteiger charge is 2.16. The van der Waals surface area contributed by atoms with Crippen molar-refractivity contribution in [3.63, 3.8) is 0 Å². The van der Waals surface area contributed by atoms with Crippen LogP contribution in [0.15, 0.2) is 18.5 Å². The van der Waals surface area contributed by atoms with Gasteiger partial charge < -0.3 is 20.1 Å². The molecule has 2 rings (SSSR count). The van der Waals surface area contributed by atoms with E-state index >= 15 is 0 Å². The average molecular weight is 251 g/mol. The zero-order valence-corrected chi connectivity index (χ0v) is 10.3. The van der Waals surface area contributed by atoms with Crippen molar-refractivity contribution in [1.29, 1.82) is 0 Å². The molecule has 0 spiro atoms. The Balaban J connectivity index is 1.90. The Morgan fingerprint density at radius 2 is 2.61 bits per heavy atom. The van der Waals surface area contributed by atoms with Crippen molar-refractivity contribution in [2.75, 3.05) is 33.4 Å². The Bertz CT molecular complexity index is 405. The van der Waals surface area contributed by atoms with E-state index in [1.165, 1.54) is 13.3 Å². The van der Waals surface area contributed by atoms with Crippen LogP contribution in [-0.2, 0) is 4.74 Å². The second-order valence-corrected chi connectivity index (χ2v) is 4.01. The predicted octanol–water partition coefficient (Wildman–Crippen LogP) is -0.192. The lowest BCUT2D eigenvalue weighted by atomic mass is 10.2. The van der Waals surface area contributed by atoms with E-state index in [1.807, 2.05) is 0 Å². The van der Waals surface area contributed by atoms with E-state index in [9.17, 15) is 4.79 Å². The van der Waals surface area contributed by atoms with Gasteiger partial charge in [0.15, 0.2) is 0 Å². The van der Waals surface area contributed by atoms with Gasteiger partial charge in [-0.25, -0.2) is 0 Å². The van der Waals surface area contributed by atoms with Crippen LogP contribution < -0.4 is 15.4 Å². The third-order valence-electron chi connectivity index (χ3n) is 2.76. The maximum absolute atomic E-state index is 12.0. The summed E-state index contributed by atoms with van der Waals surface area (Å²) in [6, 6.07) is 1.80. The molecule has 1 aromatic rings. The van der Waals surface area contributed by atoms with E-state index in [2.05, 4.69) is 15.6 Å². The molecule has 0 aromatic carbocycles. The Kier molecular flexibility index (Phi) is 4.49. The number of morpholine rings is 1. The number of carbonyl (C=O) groups is 1. The molecule has 1 unspecified atom stereocenters. The number of aromatic nitrogens is 1. The number of hydrogen-bond donors (Lipinski definition) is 2. The lowest BCUT2D eigenvalue weighted by molar-refractivity contribution is 0.0734. The van der Waals surface area contributed by atoms with Gasteiger partial charge in [0.25, 0.3) is 5.91 Å². The lowest BCUT2D eigenvalue weighted by Gasteiger charge is -2.24. The molecule has 1 atom stereocenters. The SMILES string of the molecule is COc1cnccc1C(=O)NCC1COCCN1. The predicted molar refractivity (Wildman–Crippen MR) is 65.7 cm³/mol. The van der Waals surface area contributed by atoms with Crippen LogP contribution in [0.25, 0.3) is 0 Å². The van der Waals surface area contributed by atoms with Gasteiger partial charge in [0, 0.05) is 25.3 Å². The number of carbonyl (C=O) groups excluding carboxylic acids is 1. The first-order valence-corrected chi connectivity index (χ1v) is 5.88. The van der Waals surface area contributed by atoms with Crippen molar-refractivity contribution in [3.05, 3.63) is 24.0 Å². The molecule has 98 valence electrons. The van der Waals surface area contributed by atoms with E-state index in [-0.39, 0.29) is 11.9 Å². The molecule has 6 nitrogen and oxygen atoms in total. The van der Waals surface area contributed by atoms with E-state index in [4.69, 9.17) is 9.47 Å². The van der Waals surface area contributed by atoms with Crippen LogP contribution in [0.5, 0.6) is 5.75 Å². The van der Waals surface area contributed by atoms with Crippen molar-refractivity contribution in [2.45, 2.75) is 6.04 Å². The number of amides is 1. The van der Waals surface area contributed by atoms with Crippen LogP contribution in [0.4, 0.5) is 0 Å². The third-order valence-corrected chi connectivity index (χ3v) is 2.76. The molecule has 0 bridgehead atoms. The maximum Gasteiger partial charge on any atom is 0.255 e. The highest BCUT2D eigenvalue weighted by molar-refractivity contribution is 5.96. The van der Waals surface area contributed by atoms with Crippen molar-refractivity contribution in [1.82, 2.24) is 15.6 Å². The maximum atomic E-state index is 12.0. The van der Waals surface area contributed by atoms with Gasteiger partial charge in [-0.3, -0.25) is 9.78 Å². The van der Waals surface area contributed by atoms with E-state index in [0.717, 1.165) is 13.2 Å². The van der Waals surface area contributed by atoms with Crippen molar-refractivity contribution < 1.29 is 14.3 Å². The summed E-state index contributed by atoms with van der Waals surface area (Å²) in [7, 11) is 1.52. The summed E-state index contributed by atoms with van der Waals surface area (Å²) < 4.78 is 10.4. The molecule has 6 heteroatoms. The van der Waals surface area contributed by atoms with E-state index < -0.39 is 0 Å². The minimum atomic E-state index is -0.165. The highest BCUT2D eigenvalue weighted by Crippen LogP contribution is 2.15. The fraction of sp³-hybridized carbons (Fsp3) is 0.500. The van der Waals surface area contributed by atoms with Gasteiger partial charge in [0.2, 0.25) is 0 Å². The highest BCUT2D eigenvalue weighted by atomic mass is 16.5. The molecule has 18 heavy (non-hydrogen) atoms. The van der Waals surface area contributed by atoms with Crippen LogP contribution in [0.3, 0.4) is 0 Å². The van der Waals surface area contributed by atoms with Crippen LogP contribution in [-0.4, -0.2) is 50.3 Å². The summed E-state index contributed by atoms with van der Waals surface area (Å²) in [6.45, 7) is 2.69. The summed E-state index contributed by atoms with van der Waals surface area (Å²) in [5.41, 5.74) is 0.490. The Morgan fingerprint density at radius 1 is 1.72 bits per heavy atom. The largest absolute Gasteiger partial charge is 0.494 e. The van der Waals surface area contributed by atoms with E-state index in [1.54, 1.807) is 12.3 Å². The van der Waals surface area contributed by atoms with Crippen molar-refractivity contribution >= 4 is 5.91 Å². The molecule has 1 aliphatic rings. The first-order chi connectivity index (χ1) is 8.81. The fourth-order valence-electron chi connectivity index (χ4n) is 1.79. The molecule has 0 aliphatic carbocycles. The molecule has 0 radical (unpaired) electrons. The van der Waals surface area contributed by atoms with Crippen LogP contribution in [0, 0.1) is 0 Å². The minimum Gasteiger partial charge on any atom is -0.494 e. The Labute approximate surface area is 106 Å². The van der Waals surface area contributed by atoms with Gasteiger partial charge in [-0.05, 0) is 6.07 Å². The minimum absolute atomic E-state index is 0.163. The lowest BCUT2D eigenvalue weighted by Crippen LogP contribution is -2.48. The molecule has 1 amide bonds. The van der Waals surface area contributed by atoms with Crippen molar-refractivity contribution in [2.24, 2.45) is 0 Å². The summed E-state index contributed by atoms with van der Waals surface area (Å²) in [4.78, 5) is 15.9. The number of nitrogens with one attached hydrogen (secondary N) is 2. The first kappa shape index (κ1) is 12.8. The average Bonchev–Trinajstić information content (AvgIpc) is 2.45. The zero-order chi connectivity index (χ0) is 12.8. The zero-order valence-electron chi connectivity index (χ0n) is 10.3. The quantitative estimate of drug-likeness (QED) is 0.776.